The van der Waals surface area contributed by atoms with Crippen molar-refractivity contribution < 1.29 is 19.4 Å². The highest BCUT2D eigenvalue weighted by Gasteiger charge is 2.26. The average Bonchev–Trinajstić information content (AvgIpc) is 3.18. The zero-order chi connectivity index (χ0) is 17.1. The molecular weight excluding hydrogens is 308 g/mol. The number of furan rings is 1. The number of aliphatic hydroxyl groups excluding tert-OH is 1. The van der Waals surface area contributed by atoms with Gasteiger partial charge in [-0.3, -0.25) is 0 Å². The van der Waals surface area contributed by atoms with Gasteiger partial charge in [0.2, 0.25) is 0 Å². The van der Waals surface area contributed by atoms with Gasteiger partial charge < -0.3 is 25.3 Å². The summed E-state index contributed by atoms with van der Waals surface area (Å²) in [6, 6.07) is 8.21. The lowest BCUT2D eigenvalue weighted by molar-refractivity contribution is 0.129. The van der Waals surface area contributed by atoms with Crippen LogP contribution in [-0.4, -0.2) is 22.3 Å². The summed E-state index contributed by atoms with van der Waals surface area (Å²) in [5.74, 6) is 0.774. The molecule has 128 valence electrons. The van der Waals surface area contributed by atoms with Gasteiger partial charge in [-0.25, -0.2) is 4.79 Å². The van der Waals surface area contributed by atoms with Crippen molar-refractivity contribution in [2.24, 2.45) is 0 Å². The molecule has 3 rings (SSSR count). The van der Waals surface area contributed by atoms with E-state index in [4.69, 9.17) is 4.42 Å². The Kier molecular flexibility index (Phi) is 4.76. The molecule has 2 amide bonds. The van der Waals surface area contributed by atoms with Crippen LogP contribution < -0.4 is 10.6 Å². The third-order valence-corrected chi connectivity index (χ3v) is 4.38. The minimum atomic E-state index is -0.751. The van der Waals surface area contributed by atoms with E-state index in [1.54, 1.807) is 24.3 Å². The Bertz CT molecular complexity index is 699. The lowest BCUT2D eigenvalue weighted by Gasteiger charge is -2.20. The first-order valence-electron chi connectivity index (χ1n) is 8.14. The summed E-state index contributed by atoms with van der Waals surface area (Å²) in [6.07, 6.45) is 2.64. The van der Waals surface area contributed by atoms with Gasteiger partial charge in [0.05, 0.1) is 12.3 Å². The Balaban J connectivity index is 1.52. The lowest BCUT2D eigenvalue weighted by atomic mass is 10.1. The van der Waals surface area contributed by atoms with Gasteiger partial charge in [0.25, 0.3) is 0 Å². The zero-order valence-electron chi connectivity index (χ0n) is 13.5. The van der Waals surface area contributed by atoms with E-state index in [0.29, 0.717) is 12.2 Å². The largest absolute Gasteiger partial charge is 0.508 e. The Morgan fingerprint density at radius 3 is 2.96 bits per heavy atom. The van der Waals surface area contributed by atoms with Crippen molar-refractivity contribution in [3.05, 3.63) is 53.5 Å². The Morgan fingerprint density at radius 1 is 1.38 bits per heavy atom. The van der Waals surface area contributed by atoms with Crippen LogP contribution in [0.25, 0.3) is 0 Å². The number of phenols is 1. The van der Waals surface area contributed by atoms with Crippen LogP contribution in [0.2, 0.25) is 0 Å². The van der Waals surface area contributed by atoms with Gasteiger partial charge >= 0.3 is 6.03 Å². The fraction of sp³-hybridized carbons (Fsp3) is 0.389. The average molecular weight is 330 g/mol. The monoisotopic (exact) mass is 330 g/mol. The van der Waals surface area contributed by atoms with Crippen LogP contribution in [0, 0.1) is 0 Å². The molecule has 0 fully saturated rings. The highest BCUT2D eigenvalue weighted by atomic mass is 16.4. The van der Waals surface area contributed by atoms with E-state index in [1.165, 1.54) is 6.26 Å². The highest BCUT2D eigenvalue weighted by molar-refractivity contribution is 5.75. The van der Waals surface area contributed by atoms with Gasteiger partial charge in [-0.15, -0.1) is 0 Å². The van der Waals surface area contributed by atoms with Crippen LogP contribution in [-0.2, 0) is 6.42 Å². The van der Waals surface area contributed by atoms with E-state index < -0.39 is 6.10 Å². The number of amides is 2. The third-order valence-electron chi connectivity index (χ3n) is 4.38. The van der Waals surface area contributed by atoms with E-state index in [0.717, 1.165) is 24.0 Å². The second kappa shape index (κ2) is 6.97. The molecule has 0 bridgehead atoms. The standard InChI is InChI=1S/C18H22N2O4/c1-11(10-16(22)17-6-3-9-24-17)19-18(23)20-14-8-7-13-12(14)4-2-5-15(13)21/h2-6,9,11,14,16,21-22H,7-8,10H2,1H3,(H2,19,20,23). The molecule has 24 heavy (non-hydrogen) atoms. The number of hydrogen-bond acceptors (Lipinski definition) is 4. The molecule has 6 heteroatoms. The number of carbonyl (C=O) groups excluding carboxylic acids is 1. The number of nitrogens with one attached hydrogen (secondary N) is 2. The van der Waals surface area contributed by atoms with E-state index in [9.17, 15) is 15.0 Å². The second-order valence-corrected chi connectivity index (χ2v) is 6.22. The number of carbonyl (C=O) groups is 1. The normalized spacial score (nSPS) is 18.7. The summed E-state index contributed by atoms with van der Waals surface area (Å²) in [6.45, 7) is 1.83. The van der Waals surface area contributed by atoms with Crippen LogP contribution >= 0.6 is 0 Å². The molecule has 1 aliphatic carbocycles. The first-order valence-corrected chi connectivity index (χ1v) is 8.14. The number of phenolic OH excluding ortho intramolecular Hbond substituents is 1. The first-order chi connectivity index (χ1) is 11.5. The maximum Gasteiger partial charge on any atom is 0.315 e. The number of hydrogen-bond donors (Lipinski definition) is 4. The highest BCUT2D eigenvalue weighted by Crippen LogP contribution is 2.36. The van der Waals surface area contributed by atoms with Crippen LogP contribution in [0.1, 0.15) is 48.8 Å². The lowest BCUT2D eigenvalue weighted by Crippen LogP contribution is -2.42. The van der Waals surface area contributed by atoms with Crippen molar-refractivity contribution in [3.63, 3.8) is 0 Å². The van der Waals surface area contributed by atoms with Crippen molar-refractivity contribution >= 4 is 6.03 Å². The van der Waals surface area contributed by atoms with Gasteiger partial charge in [0.15, 0.2) is 0 Å². The molecule has 0 aliphatic heterocycles. The number of fused-ring (bicyclic) bond motifs is 1. The topological polar surface area (TPSA) is 94.7 Å². The van der Waals surface area contributed by atoms with Crippen molar-refractivity contribution in [1.82, 2.24) is 10.6 Å². The maximum atomic E-state index is 12.2. The van der Waals surface area contributed by atoms with Crippen LogP contribution in [0.15, 0.2) is 41.0 Å². The van der Waals surface area contributed by atoms with Crippen LogP contribution in [0.5, 0.6) is 5.75 Å². The van der Waals surface area contributed by atoms with E-state index in [-0.39, 0.29) is 23.9 Å². The molecule has 0 spiro atoms. The third kappa shape index (κ3) is 3.54. The smallest absolute Gasteiger partial charge is 0.315 e. The summed E-state index contributed by atoms with van der Waals surface area (Å²) in [4.78, 5) is 12.2. The summed E-state index contributed by atoms with van der Waals surface area (Å²) in [5, 5.41) is 25.7. The predicted octanol–water partition coefficient (Wildman–Crippen LogP) is 2.78. The SMILES string of the molecule is CC(CC(O)c1ccco1)NC(=O)NC1CCc2c(O)cccc21. The molecular formula is C18H22N2O4. The minimum Gasteiger partial charge on any atom is -0.508 e. The Labute approximate surface area is 140 Å². The summed E-state index contributed by atoms with van der Waals surface area (Å²) in [7, 11) is 0. The van der Waals surface area contributed by atoms with Gasteiger partial charge in [-0.2, -0.15) is 0 Å². The molecule has 6 nitrogen and oxygen atoms in total. The van der Waals surface area contributed by atoms with Gasteiger partial charge in [0.1, 0.15) is 17.6 Å². The number of urea groups is 1. The molecule has 3 atom stereocenters. The Morgan fingerprint density at radius 2 is 2.21 bits per heavy atom. The molecule has 1 aromatic heterocycles. The van der Waals surface area contributed by atoms with E-state index in [2.05, 4.69) is 10.6 Å². The quantitative estimate of drug-likeness (QED) is 0.678. The molecule has 3 unspecified atom stereocenters. The summed E-state index contributed by atoms with van der Waals surface area (Å²) < 4.78 is 5.16. The van der Waals surface area contributed by atoms with Crippen molar-refractivity contribution in [3.8, 4) is 5.75 Å². The molecule has 1 aliphatic rings. The molecule has 2 aromatic rings. The zero-order valence-corrected chi connectivity index (χ0v) is 13.5. The van der Waals surface area contributed by atoms with Crippen LogP contribution in [0.3, 0.4) is 0 Å². The van der Waals surface area contributed by atoms with Crippen molar-refractivity contribution in [2.45, 2.75) is 44.4 Å². The van der Waals surface area contributed by atoms with Gasteiger partial charge in [-0.05, 0) is 49.1 Å². The predicted molar refractivity (Wildman–Crippen MR) is 88.6 cm³/mol. The first kappa shape index (κ1) is 16.4. The van der Waals surface area contributed by atoms with Gasteiger partial charge in [0, 0.05) is 12.5 Å². The van der Waals surface area contributed by atoms with Crippen molar-refractivity contribution in [2.75, 3.05) is 0 Å². The number of rotatable bonds is 5. The molecule has 4 N–H and O–H groups in total. The fourth-order valence-electron chi connectivity index (χ4n) is 3.20. The van der Waals surface area contributed by atoms with Crippen molar-refractivity contribution in [1.29, 1.82) is 0 Å². The molecule has 0 saturated heterocycles. The molecule has 0 saturated carbocycles. The second-order valence-electron chi connectivity index (χ2n) is 6.22. The molecule has 0 radical (unpaired) electrons. The van der Waals surface area contributed by atoms with E-state index in [1.807, 2.05) is 13.0 Å². The number of benzene rings is 1. The summed E-state index contributed by atoms with van der Waals surface area (Å²) in [5.41, 5.74) is 1.87. The molecule has 1 aromatic carbocycles. The van der Waals surface area contributed by atoms with Gasteiger partial charge in [-0.1, -0.05) is 12.1 Å². The van der Waals surface area contributed by atoms with Crippen LogP contribution in [0.4, 0.5) is 4.79 Å². The Hall–Kier alpha value is -2.47. The maximum absolute atomic E-state index is 12.2. The minimum absolute atomic E-state index is 0.103. The summed E-state index contributed by atoms with van der Waals surface area (Å²) >= 11 is 0. The molecule has 1 heterocycles. The number of aliphatic hydroxyl groups is 1. The number of aromatic hydroxyl groups is 1. The van der Waals surface area contributed by atoms with E-state index >= 15 is 0 Å². The fourth-order valence-corrected chi connectivity index (χ4v) is 3.20.